The standard InChI is InChI=1S/C22H17F4N3O/c1-14-4-7-17(30-12-20-18(23)3-2-8-27-20)10-21(14)29-11-15-5-6-16(22(24,25)26)9-19(15)28-13-29/h2-10,13H,11-12H2,1H3. The lowest BCUT2D eigenvalue weighted by molar-refractivity contribution is -0.137. The molecule has 1 aliphatic rings. The van der Waals surface area contributed by atoms with Crippen LogP contribution in [0.5, 0.6) is 5.75 Å². The predicted molar refractivity (Wildman–Crippen MR) is 105 cm³/mol. The number of halogens is 4. The second-order valence-corrected chi connectivity index (χ2v) is 6.88. The van der Waals surface area contributed by atoms with Crippen LogP contribution < -0.4 is 9.64 Å². The highest BCUT2D eigenvalue weighted by atomic mass is 19.4. The molecule has 0 amide bonds. The number of aryl methyl sites for hydroxylation is 1. The van der Waals surface area contributed by atoms with E-state index in [2.05, 4.69) is 9.98 Å². The normalized spacial score (nSPS) is 13.3. The zero-order valence-electron chi connectivity index (χ0n) is 15.9. The minimum absolute atomic E-state index is 0.0215. The van der Waals surface area contributed by atoms with Crippen LogP contribution in [-0.4, -0.2) is 11.3 Å². The minimum atomic E-state index is -4.41. The van der Waals surface area contributed by atoms with E-state index in [-0.39, 0.29) is 12.3 Å². The summed E-state index contributed by atoms with van der Waals surface area (Å²) in [5.41, 5.74) is 2.20. The molecule has 1 aliphatic heterocycles. The van der Waals surface area contributed by atoms with E-state index in [1.54, 1.807) is 12.1 Å². The highest BCUT2D eigenvalue weighted by molar-refractivity contribution is 5.85. The largest absolute Gasteiger partial charge is 0.487 e. The van der Waals surface area contributed by atoms with Crippen LogP contribution in [0.2, 0.25) is 0 Å². The summed E-state index contributed by atoms with van der Waals surface area (Å²) in [5, 5.41) is 0. The molecule has 1 aromatic heterocycles. The number of nitrogens with zero attached hydrogens (tertiary/aromatic N) is 3. The number of aliphatic imine (C=N–C) groups is 1. The molecule has 0 radical (unpaired) electrons. The van der Waals surface area contributed by atoms with Gasteiger partial charge in [0.25, 0.3) is 0 Å². The van der Waals surface area contributed by atoms with Gasteiger partial charge in [-0.1, -0.05) is 12.1 Å². The van der Waals surface area contributed by atoms with Gasteiger partial charge >= 0.3 is 6.18 Å². The number of hydrogen-bond acceptors (Lipinski definition) is 4. The SMILES string of the molecule is Cc1ccc(OCc2ncccc2F)cc1N1C=Nc2cc(C(F)(F)F)ccc2C1. The summed E-state index contributed by atoms with van der Waals surface area (Å²) in [4.78, 5) is 9.99. The molecule has 0 aliphatic carbocycles. The Morgan fingerprint density at radius 1 is 1.10 bits per heavy atom. The number of ether oxygens (including phenoxy) is 1. The molecule has 0 spiro atoms. The van der Waals surface area contributed by atoms with Gasteiger partial charge < -0.3 is 9.64 Å². The molecule has 0 atom stereocenters. The lowest BCUT2D eigenvalue weighted by Gasteiger charge is -2.26. The molecule has 0 unspecified atom stereocenters. The van der Waals surface area contributed by atoms with Crippen molar-refractivity contribution in [1.82, 2.24) is 4.98 Å². The third kappa shape index (κ3) is 4.12. The molecule has 3 aromatic rings. The number of pyridine rings is 1. The Morgan fingerprint density at radius 2 is 1.93 bits per heavy atom. The molecular weight excluding hydrogens is 398 g/mol. The minimum Gasteiger partial charge on any atom is -0.487 e. The van der Waals surface area contributed by atoms with Crippen LogP contribution in [0, 0.1) is 12.7 Å². The zero-order chi connectivity index (χ0) is 21.3. The fourth-order valence-corrected chi connectivity index (χ4v) is 3.16. The number of rotatable bonds is 4. The van der Waals surface area contributed by atoms with Crippen LogP contribution in [0.15, 0.2) is 59.7 Å². The molecule has 0 N–H and O–H groups in total. The van der Waals surface area contributed by atoms with E-state index in [1.807, 2.05) is 17.9 Å². The molecule has 0 bridgehead atoms. The first-order valence-electron chi connectivity index (χ1n) is 9.15. The van der Waals surface area contributed by atoms with Crippen molar-refractivity contribution in [3.05, 3.63) is 82.9 Å². The average molecular weight is 415 g/mol. The van der Waals surface area contributed by atoms with Crippen molar-refractivity contribution in [3.8, 4) is 5.75 Å². The molecule has 2 heterocycles. The number of fused-ring (bicyclic) bond motifs is 1. The fourth-order valence-electron chi connectivity index (χ4n) is 3.16. The maximum absolute atomic E-state index is 13.7. The van der Waals surface area contributed by atoms with E-state index in [0.29, 0.717) is 23.5 Å². The van der Waals surface area contributed by atoms with E-state index in [1.165, 1.54) is 30.7 Å². The average Bonchev–Trinajstić information content (AvgIpc) is 2.73. The topological polar surface area (TPSA) is 37.7 Å². The van der Waals surface area contributed by atoms with Crippen LogP contribution in [0.25, 0.3) is 0 Å². The van der Waals surface area contributed by atoms with Crippen LogP contribution in [0.1, 0.15) is 22.4 Å². The summed E-state index contributed by atoms with van der Waals surface area (Å²) < 4.78 is 58.2. The Bertz CT molecular complexity index is 1110. The number of benzene rings is 2. The van der Waals surface area contributed by atoms with E-state index in [0.717, 1.165) is 23.4 Å². The summed E-state index contributed by atoms with van der Waals surface area (Å²) in [7, 11) is 0. The van der Waals surface area contributed by atoms with Crippen LogP contribution in [0.4, 0.5) is 28.9 Å². The summed E-state index contributed by atoms with van der Waals surface area (Å²) in [6.07, 6.45) is -1.40. The number of aromatic nitrogens is 1. The maximum atomic E-state index is 13.7. The van der Waals surface area contributed by atoms with Crippen LogP contribution in [-0.2, 0) is 19.3 Å². The molecule has 0 saturated carbocycles. The summed E-state index contributed by atoms with van der Waals surface area (Å²) in [5.74, 6) is 0.0788. The third-order valence-corrected chi connectivity index (χ3v) is 4.79. The van der Waals surface area contributed by atoms with E-state index in [4.69, 9.17) is 4.74 Å². The van der Waals surface area contributed by atoms with E-state index in [9.17, 15) is 17.6 Å². The molecule has 154 valence electrons. The Labute approximate surface area is 170 Å². The van der Waals surface area contributed by atoms with Crippen LogP contribution >= 0.6 is 0 Å². The molecule has 0 saturated heterocycles. The fraction of sp³-hybridized carbons (Fsp3) is 0.182. The first kappa shape index (κ1) is 19.9. The number of hydrogen-bond donors (Lipinski definition) is 0. The predicted octanol–water partition coefficient (Wildman–Crippen LogP) is 5.81. The highest BCUT2D eigenvalue weighted by Crippen LogP contribution is 2.36. The van der Waals surface area contributed by atoms with Crippen molar-refractivity contribution in [2.75, 3.05) is 4.90 Å². The first-order valence-corrected chi connectivity index (χ1v) is 9.15. The van der Waals surface area contributed by atoms with Gasteiger partial charge in [0.1, 0.15) is 23.9 Å². The Hall–Kier alpha value is -3.42. The van der Waals surface area contributed by atoms with Gasteiger partial charge in [0, 0.05) is 18.0 Å². The third-order valence-electron chi connectivity index (χ3n) is 4.79. The van der Waals surface area contributed by atoms with Gasteiger partial charge in [-0.05, 0) is 48.4 Å². The first-order chi connectivity index (χ1) is 14.3. The summed E-state index contributed by atoms with van der Waals surface area (Å²) >= 11 is 0. The van der Waals surface area contributed by atoms with Gasteiger partial charge in [-0.25, -0.2) is 9.38 Å². The van der Waals surface area contributed by atoms with E-state index >= 15 is 0 Å². The van der Waals surface area contributed by atoms with Gasteiger partial charge in [-0.15, -0.1) is 0 Å². The second-order valence-electron chi connectivity index (χ2n) is 6.88. The van der Waals surface area contributed by atoms with Crippen molar-refractivity contribution >= 4 is 17.7 Å². The maximum Gasteiger partial charge on any atom is 0.416 e. The van der Waals surface area contributed by atoms with Crippen molar-refractivity contribution in [2.45, 2.75) is 26.3 Å². The smallest absolute Gasteiger partial charge is 0.416 e. The van der Waals surface area contributed by atoms with Crippen molar-refractivity contribution in [3.63, 3.8) is 0 Å². The molecule has 0 fully saturated rings. The van der Waals surface area contributed by atoms with Gasteiger partial charge in [-0.3, -0.25) is 4.98 Å². The van der Waals surface area contributed by atoms with Gasteiger partial charge in [-0.2, -0.15) is 13.2 Å². The Kier molecular flexibility index (Phi) is 5.15. The Balaban J connectivity index is 1.54. The Morgan fingerprint density at radius 3 is 2.70 bits per heavy atom. The monoisotopic (exact) mass is 415 g/mol. The number of anilines is 1. The quantitative estimate of drug-likeness (QED) is 0.505. The van der Waals surface area contributed by atoms with E-state index < -0.39 is 17.6 Å². The zero-order valence-corrected chi connectivity index (χ0v) is 15.9. The van der Waals surface area contributed by atoms with Gasteiger partial charge in [0.05, 0.1) is 24.1 Å². The molecular formula is C22H17F4N3O. The van der Waals surface area contributed by atoms with Crippen molar-refractivity contribution in [1.29, 1.82) is 0 Å². The lowest BCUT2D eigenvalue weighted by atomic mass is 10.1. The second kappa shape index (κ2) is 7.78. The molecule has 4 nitrogen and oxygen atoms in total. The molecule has 4 rings (SSSR count). The molecule has 30 heavy (non-hydrogen) atoms. The van der Waals surface area contributed by atoms with Crippen LogP contribution in [0.3, 0.4) is 0 Å². The summed E-state index contributed by atoms with van der Waals surface area (Å²) in [6.45, 7) is 2.26. The van der Waals surface area contributed by atoms with Gasteiger partial charge in [0.15, 0.2) is 0 Å². The van der Waals surface area contributed by atoms with Crippen molar-refractivity contribution in [2.24, 2.45) is 4.99 Å². The molecule has 8 heteroatoms. The summed E-state index contributed by atoms with van der Waals surface area (Å²) in [6, 6.07) is 11.8. The molecule has 2 aromatic carbocycles. The lowest BCUT2D eigenvalue weighted by Crippen LogP contribution is -2.24. The van der Waals surface area contributed by atoms with Gasteiger partial charge in [0.2, 0.25) is 0 Å². The highest BCUT2D eigenvalue weighted by Gasteiger charge is 2.31. The number of alkyl halides is 3. The van der Waals surface area contributed by atoms with Crippen molar-refractivity contribution < 1.29 is 22.3 Å².